The second kappa shape index (κ2) is 5.60. The lowest BCUT2D eigenvalue weighted by molar-refractivity contribution is -0.232. The first kappa shape index (κ1) is 15.9. The van der Waals surface area contributed by atoms with Gasteiger partial charge in [0.2, 0.25) is 5.78 Å². The Labute approximate surface area is 131 Å². The zero-order valence-electron chi connectivity index (χ0n) is 13.5. The minimum atomic E-state index is -1.57. The van der Waals surface area contributed by atoms with Gasteiger partial charge in [-0.05, 0) is 63.2 Å². The van der Waals surface area contributed by atoms with E-state index in [0.717, 1.165) is 19.3 Å². The molecule has 0 radical (unpaired) electrons. The molecule has 0 aromatic rings. The summed E-state index contributed by atoms with van der Waals surface area (Å²) in [5.41, 5.74) is -0.394. The van der Waals surface area contributed by atoms with Gasteiger partial charge in [0.15, 0.2) is 0 Å². The van der Waals surface area contributed by atoms with Crippen molar-refractivity contribution >= 4 is 11.8 Å². The maximum atomic E-state index is 13.3. The van der Waals surface area contributed by atoms with Crippen molar-refractivity contribution in [2.24, 2.45) is 23.2 Å². The molecule has 0 aromatic carbocycles. The van der Waals surface area contributed by atoms with Crippen molar-refractivity contribution in [3.63, 3.8) is 0 Å². The van der Waals surface area contributed by atoms with Gasteiger partial charge in [-0.2, -0.15) is 0 Å². The summed E-state index contributed by atoms with van der Waals surface area (Å²) in [6.07, 6.45) is 6.43. The zero-order chi connectivity index (χ0) is 16.0. The lowest BCUT2D eigenvalue weighted by Crippen LogP contribution is -2.58. The van der Waals surface area contributed by atoms with Crippen LogP contribution in [0.5, 0.6) is 0 Å². The molecule has 5 nitrogen and oxygen atoms in total. The lowest BCUT2D eigenvalue weighted by atomic mass is 9.48. The van der Waals surface area contributed by atoms with Crippen molar-refractivity contribution in [1.82, 2.24) is 0 Å². The monoisotopic (exact) mass is 310 g/mol. The summed E-state index contributed by atoms with van der Waals surface area (Å²) < 4.78 is 10.8. The Morgan fingerprint density at radius 2 is 1.64 bits per heavy atom. The SMILES string of the molecule is CCOC(C)(OC(=O)CO)C(=O)C12CC3CC(CC(C3)C1)C2. The van der Waals surface area contributed by atoms with Crippen molar-refractivity contribution in [1.29, 1.82) is 0 Å². The number of hydrogen-bond donors (Lipinski definition) is 1. The number of Topliss-reactive ketones (excluding diaryl/α,β-unsaturated/α-hetero) is 1. The largest absolute Gasteiger partial charge is 0.424 e. The van der Waals surface area contributed by atoms with Crippen LogP contribution in [0.4, 0.5) is 0 Å². The minimum Gasteiger partial charge on any atom is -0.424 e. The Kier molecular flexibility index (Phi) is 4.06. The molecule has 4 bridgehead atoms. The third-order valence-electron chi connectivity index (χ3n) is 5.79. The standard InChI is InChI=1S/C17H26O5/c1-3-21-16(2,22-14(19)10-18)15(20)17-7-11-4-12(8-17)6-13(5-11)9-17/h11-13,18H,3-10H2,1-2H3. The molecule has 4 aliphatic carbocycles. The number of hydrogen-bond acceptors (Lipinski definition) is 5. The third kappa shape index (κ3) is 2.58. The summed E-state index contributed by atoms with van der Waals surface area (Å²) in [5, 5.41) is 8.94. The molecular formula is C17H26O5. The molecule has 1 N–H and O–H groups in total. The maximum absolute atomic E-state index is 13.3. The predicted octanol–water partition coefficient (Wildman–Crippen LogP) is 2.06. The van der Waals surface area contributed by atoms with E-state index < -0.39 is 23.8 Å². The van der Waals surface area contributed by atoms with Crippen molar-refractivity contribution < 1.29 is 24.2 Å². The second-order valence-corrected chi connectivity index (χ2v) is 7.54. The van der Waals surface area contributed by atoms with Crippen LogP contribution in [0.3, 0.4) is 0 Å². The van der Waals surface area contributed by atoms with Gasteiger partial charge in [0, 0.05) is 18.9 Å². The van der Waals surface area contributed by atoms with Gasteiger partial charge in [0.25, 0.3) is 5.79 Å². The molecule has 22 heavy (non-hydrogen) atoms. The molecular weight excluding hydrogens is 284 g/mol. The Bertz CT molecular complexity index is 436. The fourth-order valence-corrected chi connectivity index (χ4v) is 5.54. The quantitative estimate of drug-likeness (QED) is 0.600. The van der Waals surface area contributed by atoms with E-state index in [1.54, 1.807) is 6.92 Å². The number of aliphatic hydroxyl groups excluding tert-OH is 1. The Morgan fingerprint density at radius 1 is 1.14 bits per heavy atom. The molecule has 4 rings (SSSR count). The number of ketones is 1. The van der Waals surface area contributed by atoms with Crippen LogP contribution in [0.1, 0.15) is 52.4 Å². The van der Waals surface area contributed by atoms with Crippen LogP contribution >= 0.6 is 0 Å². The van der Waals surface area contributed by atoms with E-state index in [4.69, 9.17) is 14.6 Å². The van der Waals surface area contributed by atoms with E-state index >= 15 is 0 Å². The molecule has 0 aromatic heterocycles. The summed E-state index contributed by atoms with van der Waals surface area (Å²) in [4.78, 5) is 24.8. The van der Waals surface area contributed by atoms with E-state index in [1.165, 1.54) is 26.2 Å². The number of carbonyl (C=O) groups excluding carboxylic acids is 2. The molecule has 0 saturated heterocycles. The average molecular weight is 310 g/mol. The molecule has 124 valence electrons. The van der Waals surface area contributed by atoms with Crippen molar-refractivity contribution in [2.75, 3.05) is 13.2 Å². The Hall–Kier alpha value is -0.940. The highest BCUT2D eigenvalue weighted by Gasteiger charge is 2.59. The van der Waals surface area contributed by atoms with Gasteiger partial charge in [-0.3, -0.25) is 4.79 Å². The summed E-state index contributed by atoms with van der Waals surface area (Å²) in [5.74, 6) is -0.573. The van der Waals surface area contributed by atoms with Crippen molar-refractivity contribution in [3.05, 3.63) is 0 Å². The van der Waals surface area contributed by atoms with Crippen LogP contribution in [0.25, 0.3) is 0 Å². The van der Waals surface area contributed by atoms with E-state index in [0.29, 0.717) is 17.8 Å². The van der Waals surface area contributed by atoms with E-state index in [9.17, 15) is 9.59 Å². The van der Waals surface area contributed by atoms with E-state index in [2.05, 4.69) is 0 Å². The van der Waals surface area contributed by atoms with Crippen LogP contribution in [0.2, 0.25) is 0 Å². The topological polar surface area (TPSA) is 72.8 Å². The van der Waals surface area contributed by atoms with Gasteiger partial charge in [-0.15, -0.1) is 0 Å². The van der Waals surface area contributed by atoms with Gasteiger partial charge in [-0.1, -0.05) is 0 Å². The molecule has 1 atom stereocenters. The summed E-state index contributed by atoms with van der Waals surface area (Å²) in [6, 6.07) is 0. The normalized spacial score (nSPS) is 38.6. The van der Waals surface area contributed by atoms with Gasteiger partial charge < -0.3 is 14.6 Å². The fourth-order valence-electron chi connectivity index (χ4n) is 5.54. The smallest absolute Gasteiger partial charge is 0.334 e. The molecule has 0 amide bonds. The van der Waals surface area contributed by atoms with Crippen molar-refractivity contribution in [3.8, 4) is 0 Å². The molecule has 0 aliphatic heterocycles. The van der Waals surface area contributed by atoms with E-state index in [-0.39, 0.29) is 12.4 Å². The maximum Gasteiger partial charge on any atom is 0.334 e. The molecule has 4 saturated carbocycles. The number of ether oxygens (including phenoxy) is 2. The first-order valence-corrected chi connectivity index (χ1v) is 8.42. The van der Waals surface area contributed by atoms with E-state index in [1.807, 2.05) is 0 Å². The second-order valence-electron chi connectivity index (χ2n) is 7.54. The van der Waals surface area contributed by atoms with Crippen LogP contribution in [0.15, 0.2) is 0 Å². The number of carbonyl (C=O) groups is 2. The van der Waals surface area contributed by atoms with Crippen LogP contribution < -0.4 is 0 Å². The first-order chi connectivity index (χ1) is 10.4. The van der Waals surface area contributed by atoms with Crippen LogP contribution in [-0.4, -0.2) is 35.9 Å². The number of esters is 1. The molecule has 4 aliphatic rings. The van der Waals surface area contributed by atoms with Crippen LogP contribution in [0, 0.1) is 23.2 Å². The van der Waals surface area contributed by atoms with Gasteiger partial charge in [0.1, 0.15) is 6.61 Å². The minimum absolute atomic E-state index is 0.0947. The number of rotatable bonds is 6. The fraction of sp³-hybridized carbons (Fsp3) is 0.882. The number of aliphatic hydroxyl groups is 1. The predicted molar refractivity (Wildman–Crippen MR) is 78.8 cm³/mol. The molecule has 0 spiro atoms. The highest BCUT2D eigenvalue weighted by molar-refractivity contribution is 5.93. The Morgan fingerprint density at radius 3 is 2.05 bits per heavy atom. The van der Waals surface area contributed by atoms with Gasteiger partial charge in [0.05, 0.1) is 0 Å². The van der Waals surface area contributed by atoms with Gasteiger partial charge >= 0.3 is 5.97 Å². The third-order valence-corrected chi connectivity index (χ3v) is 5.79. The van der Waals surface area contributed by atoms with Gasteiger partial charge in [-0.25, -0.2) is 4.79 Å². The zero-order valence-corrected chi connectivity index (χ0v) is 13.5. The summed E-state index contributed by atoms with van der Waals surface area (Å²) >= 11 is 0. The highest BCUT2D eigenvalue weighted by Crippen LogP contribution is 2.61. The Balaban J connectivity index is 1.85. The molecule has 0 heterocycles. The summed E-state index contributed by atoms with van der Waals surface area (Å²) in [6.45, 7) is 2.85. The highest BCUT2D eigenvalue weighted by atomic mass is 16.7. The molecule has 1 unspecified atom stereocenters. The van der Waals surface area contributed by atoms with Crippen molar-refractivity contribution in [2.45, 2.75) is 58.2 Å². The lowest BCUT2D eigenvalue weighted by Gasteiger charge is -2.57. The van der Waals surface area contributed by atoms with Crippen LogP contribution in [-0.2, 0) is 19.1 Å². The first-order valence-electron chi connectivity index (χ1n) is 8.42. The average Bonchev–Trinajstić information content (AvgIpc) is 2.45. The molecule has 5 heteroatoms. The summed E-state index contributed by atoms with van der Waals surface area (Å²) in [7, 11) is 0. The molecule has 4 fully saturated rings.